The number of hydrogen-bond acceptors (Lipinski definition) is 8. The first-order chi connectivity index (χ1) is 23.5. The summed E-state index contributed by atoms with van der Waals surface area (Å²) in [4.78, 5) is 2.50. The third-order valence-electron chi connectivity index (χ3n) is 6.92. The second kappa shape index (κ2) is 32.9. The van der Waals surface area contributed by atoms with Crippen molar-refractivity contribution in [2.75, 3.05) is 51.3 Å². The summed E-state index contributed by atoms with van der Waals surface area (Å²) >= 11 is 2.05. The molecule has 2 aromatic carbocycles. The van der Waals surface area contributed by atoms with Crippen molar-refractivity contribution in [1.82, 2.24) is 20.9 Å². The zero-order valence-corrected chi connectivity index (χ0v) is 32.2. The molecular formula is C40H70N8S. The molecule has 0 spiro atoms. The Morgan fingerprint density at radius 3 is 2.02 bits per heavy atom. The Morgan fingerprint density at radius 1 is 0.980 bits per heavy atom. The normalized spacial score (nSPS) is 12.9. The maximum absolute atomic E-state index is 5.86. The molecule has 276 valence electrons. The van der Waals surface area contributed by atoms with Crippen molar-refractivity contribution in [2.45, 2.75) is 59.4 Å². The number of nitrogens with zero attached hydrogens (tertiary/aromatic N) is 1. The summed E-state index contributed by atoms with van der Waals surface area (Å²) in [6.45, 7) is 29.2. The topological polar surface area (TPSA) is 141 Å². The smallest absolute Gasteiger partial charge is 0.0765 e. The van der Waals surface area contributed by atoms with Gasteiger partial charge in [-0.15, -0.1) is 0 Å². The molecule has 8 nitrogen and oxygen atoms in total. The Hall–Kier alpha value is -3.66. The average Bonchev–Trinajstić information content (AvgIpc) is 3.37. The molecule has 0 aliphatic carbocycles. The van der Waals surface area contributed by atoms with E-state index in [1.54, 1.807) is 0 Å². The third kappa shape index (κ3) is 27.9. The summed E-state index contributed by atoms with van der Waals surface area (Å²) in [7, 11) is 2.01. The average molecular weight is 695 g/mol. The number of nitrogens with two attached hydrogens (primary N) is 3. The van der Waals surface area contributed by atoms with Gasteiger partial charge in [-0.2, -0.15) is 11.8 Å². The molecule has 1 saturated heterocycles. The summed E-state index contributed by atoms with van der Waals surface area (Å²) in [5.74, 6) is 3.66. The third-order valence-corrected chi connectivity index (χ3v) is 7.97. The van der Waals surface area contributed by atoms with E-state index in [4.69, 9.17) is 11.1 Å². The van der Waals surface area contributed by atoms with E-state index in [-0.39, 0.29) is 6.04 Å². The van der Waals surface area contributed by atoms with Gasteiger partial charge >= 0.3 is 0 Å². The van der Waals surface area contributed by atoms with E-state index in [0.717, 1.165) is 69.1 Å². The van der Waals surface area contributed by atoms with Gasteiger partial charge in [0.1, 0.15) is 0 Å². The van der Waals surface area contributed by atoms with Crippen LogP contribution in [0.4, 0.5) is 0 Å². The van der Waals surface area contributed by atoms with Crippen LogP contribution in [0.1, 0.15) is 51.2 Å². The molecule has 1 aliphatic rings. The van der Waals surface area contributed by atoms with E-state index in [0.29, 0.717) is 12.5 Å². The van der Waals surface area contributed by atoms with Gasteiger partial charge in [-0.1, -0.05) is 113 Å². The van der Waals surface area contributed by atoms with E-state index in [9.17, 15) is 0 Å². The van der Waals surface area contributed by atoms with Gasteiger partial charge in [-0.05, 0) is 69.6 Å². The molecule has 0 radical (unpaired) electrons. The van der Waals surface area contributed by atoms with E-state index >= 15 is 0 Å². The summed E-state index contributed by atoms with van der Waals surface area (Å²) in [5, 5.41) is 16.2. The number of thioether (sulfide) groups is 1. The fourth-order valence-electron chi connectivity index (χ4n) is 4.53. The summed E-state index contributed by atoms with van der Waals surface area (Å²) < 4.78 is 0. The van der Waals surface area contributed by atoms with Crippen molar-refractivity contribution in [2.24, 2.45) is 29.0 Å². The fourth-order valence-corrected chi connectivity index (χ4v) is 5.42. The summed E-state index contributed by atoms with van der Waals surface area (Å²) in [6, 6.07) is 20.8. The minimum Gasteiger partial charge on any atom is -0.405 e. The van der Waals surface area contributed by atoms with Gasteiger partial charge in [0.15, 0.2) is 0 Å². The molecule has 1 fully saturated rings. The zero-order valence-electron chi connectivity index (χ0n) is 31.4. The highest BCUT2D eigenvalue weighted by Crippen LogP contribution is 2.23. The molecule has 1 aliphatic heterocycles. The lowest BCUT2D eigenvalue weighted by Gasteiger charge is -2.32. The van der Waals surface area contributed by atoms with Gasteiger partial charge in [0.05, 0.1) is 12.4 Å². The minimum atomic E-state index is 0.0364. The molecule has 0 aromatic heterocycles. The van der Waals surface area contributed by atoms with Crippen LogP contribution in [0.3, 0.4) is 0 Å². The monoisotopic (exact) mass is 695 g/mol. The molecule has 2 aromatic rings. The van der Waals surface area contributed by atoms with Crippen LogP contribution >= 0.6 is 11.8 Å². The standard InChI is InChI=1S/C26H43N5S.C7H8.C4H10.C2H5N.CH4N2/c1-21(19-27)30-26(18-24-10-6-5-7-11-24)22(2)29-20-25(12-8-13-28-4)23(3)31-14-9-16-32-17-15-31;1-7-5-3-2-4-6-7;1-4(2)3;1-2-3;2-1-3/h5-7,10-11,25-26,28-30H,1-3,8-9,12-20,27H2,4H3;2-6H,1H3;4H,1-3H3;2H,1,3H2;1H,(H3,2,3). The molecule has 10 N–H and O–H groups in total. The van der Waals surface area contributed by atoms with Crippen molar-refractivity contribution in [3.63, 3.8) is 0 Å². The highest BCUT2D eigenvalue weighted by Gasteiger charge is 2.21. The quantitative estimate of drug-likeness (QED) is 0.0626. The minimum absolute atomic E-state index is 0.0364. The first-order valence-electron chi connectivity index (χ1n) is 17.3. The maximum atomic E-state index is 5.86. The number of nitrogens with one attached hydrogen (secondary N) is 4. The molecule has 0 amide bonds. The van der Waals surface area contributed by atoms with Crippen molar-refractivity contribution < 1.29 is 0 Å². The molecule has 49 heavy (non-hydrogen) atoms. The Balaban J connectivity index is 0. The summed E-state index contributed by atoms with van der Waals surface area (Å²) in [6.07, 6.45) is 6.31. The van der Waals surface area contributed by atoms with Crippen LogP contribution in [0.25, 0.3) is 0 Å². The van der Waals surface area contributed by atoms with Crippen LogP contribution in [0.2, 0.25) is 0 Å². The lowest BCUT2D eigenvalue weighted by molar-refractivity contribution is 0.308. The second-order valence-electron chi connectivity index (χ2n) is 12.3. The first kappa shape index (κ1) is 47.5. The Morgan fingerprint density at radius 2 is 1.53 bits per heavy atom. The van der Waals surface area contributed by atoms with Gasteiger partial charge in [0.25, 0.3) is 0 Å². The van der Waals surface area contributed by atoms with Crippen LogP contribution in [0, 0.1) is 24.2 Å². The van der Waals surface area contributed by atoms with Crippen LogP contribution in [0.5, 0.6) is 0 Å². The van der Waals surface area contributed by atoms with Gasteiger partial charge in [0.2, 0.25) is 0 Å². The van der Waals surface area contributed by atoms with Gasteiger partial charge in [0, 0.05) is 54.9 Å². The predicted molar refractivity (Wildman–Crippen MR) is 221 cm³/mol. The lowest BCUT2D eigenvalue weighted by atomic mass is 9.97. The maximum Gasteiger partial charge on any atom is 0.0765 e. The molecule has 1 heterocycles. The molecule has 3 rings (SSSR count). The molecule has 0 saturated carbocycles. The van der Waals surface area contributed by atoms with Crippen molar-refractivity contribution in [1.29, 1.82) is 5.41 Å². The molecular weight excluding hydrogens is 625 g/mol. The highest BCUT2D eigenvalue weighted by molar-refractivity contribution is 7.99. The van der Waals surface area contributed by atoms with Crippen molar-refractivity contribution in [3.8, 4) is 0 Å². The first-order valence-corrected chi connectivity index (χ1v) is 18.5. The van der Waals surface area contributed by atoms with Crippen molar-refractivity contribution in [3.05, 3.63) is 121 Å². The fraction of sp³-hybridized carbons (Fsp3) is 0.475. The zero-order chi connectivity index (χ0) is 37.3. The largest absolute Gasteiger partial charge is 0.405 e. The van der Waals surface area contributed by atoms with Gasteiger partial charge in [-0.3, -0.25) is 5.41 Å². The van der Waals surface area contributed by atoms with Gasteiger partial charge < -0.3 is 38.1 Å². The van der Waals surface area contributed by atoms with Crippen molar-refractivity contribution >= 4 is 18.1 Å². The number of hydrogen-bond donors (Lipinski definition) is 7. The number of benzene rings is 2. The van der Waals surface area contributed by atoms with Crippen LogP contribution in [0.15, 0.2) is 110 Å². The molecule has 2 atom stereocenters. The highest BCUT2D eigenvalue weighted by atomic mass is 32.2. The number of aryl methyl sites for hydroxylation is 1. The number of rotatable bonds is 15. The van der Waals surface area contributed by atoms with E-state index < -0.39 is 0 Å². The second-order valence-corrected chi connectivity index (χ2v) is 13.5. The van der Waals surface area contributed by atoms with Crippen LogP contribution in [-0.2, 0) is 6.42 Å². The Bertz CT molecular complexity index is 1090. The van der Waals surface area contributed by atoms with E-state index in [2.05, 4.69) is 134 Å². The Kier molecular flexibility index (Phi) is 31.8. The SMILES string of the molecule is C=C(CN)NC(Cc1ccccc1)C(=C)NCC(CCCNC)C(=C)N1CCCSCC1.C=CN.CC(C)C.Cc1ccccc1.N=CN. The van der Waals surface area contributed by atoms with Gasteiger partial charge in [-0.25, -0.2) is 0 Å². The molecule has 0 bridgehead atoms. The lowest BCUT2D eigenvalue weighted by Crippen LogP contribution is -2.41. The van der Waals surface area contributed by atoms with Crippen LogP contribution < -0.4 is 33.2 Å². The molecule has 9 heteroatoms. The Labute approximate surface area is 304 Å². The van der Waals surface area contributed by atoms with Crippen LogP contribution in [-0.4, -0.2) is 68.6 Å². The molecule has 2 unspecified atom stereocenters. The van der Waals surface area contributed by atoms with E-state index in [1.807, 2.05) is 31.3 Å². The summed E-state index contributed by atoms with van der Waals surface area (Å²) in [5.41, 5.74) is 20.4. The van der Waals surface area contributed by atoms with E-state index in [1.165, 1.54) is 41.0 Å². The predicted octanol–water partition coefficient (Wildman–Crippen LogP) is 6.63.